The topological polar surface area (TPSA) is 77.7 Å². The first-order chi connectivity index (χ1) is 12.6. The maximum atomic E-state index is 12.9. The Kier molecular flexibility index (Phi) is 4.93. The molecule has 0 aliphatic rings. The van der Waals surface area contributed by atoms with Crippen molar-refractivity contribution >= 4 is 32.6 Å². The van der Waals surface area contributed by atoms with Crippen molar-refractivity contribution in [3.05, 3.63) is 30.1 Å². The zero-order chi connectivity index (χ0) is 20.0. The van der Waals surface area contributed by atoms with Crippen molar-refractivity contribution in [1.82, 2.24) is 19.5 Å². The number of hydrogen-bond acceptors (Lipinski definition) is 6. The van der Waals surface area contributed by atoms with Crippen LogP contribution in [0, 0.1) is 0 Å². The molecule has 6 nitrogen and oxygen atoms in total. The zero-order valence-electron chi connectivity index (χ0n) is 14.6. The molecule has 27 heavy (non-hydrogen) atoms. The molecular formula is C16H15F3N4O2S2. The Morgan fingerprint density at radius 2 is 1.93 bits per heavy atom. The number of halogens is 3. The predicted molar refractivity (Wildman–Crippen MR) is 96.2 cm³/mol. The molecule has 0 amide bonds. The fourth-order valence-electron chi connectivity index (χ4n) is 2.56. The summed E-state index contributed by atoms with van der Waals surface area (Å²) in [5.41, 5.74) is -0.553. The van der Waals surface area contributed by atoms with Crippen LogP contribution in [0.4, 0.5) is 13.2 Å². The third kappa shape index (κ3) is 3.53. The molecule has 0 saturated heterocycles. The molecule has 0 spiro atoms. The van der Waals surface area contributed by atoms with Gasteiger partial charge in [-0.3, -0.25) is 0 Å². The van der Waals surface area contributed by atoms with Gasteiger partial charge < -0.3 is 4.57 Å². The number of nitrogens with zero attached hydrogens (tertiary/aromatic N) is 4. The van der Waals surface area contributed by atoms with E-state index >= 15 is 0 Å². The van der Waals surface area contributed by atoms with E-state index in [4.69, 9.17) is 0 Å². The summed E-state index contributed by atoms with van der Waals surface area (Å²) in [4.78, 5) is 12.0. The van der Waals surface area contributed by atoms with Crippen LogP contribution in [0.2, 0.25) is 0 Å². The van der Waals surface area contributed by atoms with Gasteiger partial charge in [-0.05, 0) is 24.5 Å². The normalized spacial score (nSPS) is 12.7. The Morgan fingerprint density at radius 3 is 2.52 bits per heavy atom. The minimum absolute atomic E-state index is 0.00906. The summed E-state index contributed by atoms with van der Waals surface area (Å²) in [5.74, 6) is 0.0263. The van der Waals surface area contributed by atoms with Gasteiger partial charge in [0, 0.05) is 7.05 Å². The van der Waals surface area contributed by atoms with Crippen LogP contribution >= 0.6 is 11.8 Å². The molecule has 0 bridgehead atoms. The molecule has 0 aromatic carbocycles. The van der Waals surface area contributed by atoms with Crippen molar-refractivity contribution in [2.45, 2.75) is 23.0 Å². The van der Waals surface area contributed by atoms with Gasteiger partial charge in [-0.25, -0.2) is 23.4 Å². The van der Waals surface area contributed by atoms with Crippen molar-refractivity contribution in [3.63, 3.8) is 0 Å². The maximum absolute atomic E-state index is 12.9. The maximum Gasteiger partial charge on any atom is 0.433 e. The minimum Gasteiger partial charge on any atom is -0.324 e. The molecule has 3 aromatic rings. The number of aromatic nitrogens is 4. The highest BCUT2D eigenvalue weighted by Crippen LogP contribution is 2.33. The predicted octanol–water partition coefficient (Wildman–Crippen LogP) is 3.56. The highest BCUT2D eigenvalue weighted by molar-refractivity contribution is 7.98. The standard InChI is InChI=1S/C16H15F3N4O2S2/c1-4-27(24,25)11-5-6-13(26-3)22-14(11)15-21-9-7-12(16(17,18)19)20-8-10(9)23(15)2/h5-8H,4H2,1-3H3. The largest absolute Gasteiger partial charge is 0.433 e. The van der Waals surface area contributed by atoms with E-state index in [9.17, 15) is 21.6 Å². The number of hydrogen-bond donors (Lipinski definition) is 0. The van der Waals surface area contributed by atoms with E-state index in [1.807, 2.05) is 0 Å². The van der Waals surface area contributed by atoms with Crippen LogP contribution in [0.1, 0.15) is 12.6 Å². The molecule has 11 heteroatoms. The van der Waals surface area contributed by atoms with Gasteiger partial charge in [0.15, 0.2) is 15.7 Å². The summed E-state index contributed by atoms with van der Waals surface area (Å²) in [6.45, 7) is 1.51. The highest BCUT2D eigenvalue weighted by atomic mass is 32.2. The molecule has 3 rings (SSSR count). The van der Waals surface area contributed by atoms with Crippen LogP contribution < -0.4 is 0 Å². The highest BCUT2D eigenvalue weighted by Gasteiger charge is 2.33. The zero-order valence-corrected chi connectivity index (χ0v) is 16.2. The van der Waals surface area contributed by atoms with Crippen molar-refractivity contribution in [1.29, 1.82) is 0 Å². The second kappa shape index (κ2) is 6.79. The van der Waals surface area contributed by atoms with Gasteiger partial charge in [0.1, 0.15) is 11.4 Å². The number of thioether (sulfide) groups is 1. The number of pyridine rings is 2. The Morgan fingerprint density at radius 1 is 1.22 bits per heavy atom. The summed E-state index contributed by atoms with van der Waals surface area (Å²) >= 11 is 1.32. The molecule has 3 heterocycles. The first kappa shape index (κ1) is 19.6. The van der Waals surface area contributed by atoms with Gasteiger partial charge in [-0.2, -0.15) is 13.2 Å². The molecular weight excluding hydrogens is 401 g/mol. The van der Waals surface area contributed by atoms with Crippen LogP contribution in [-0.2, 0) is 23.1 Å². The lowest BCUT2D eigenvalue weighted by atomic mass is 10.3. The molecule has 0 radical (unpaired) electrons. The molecule has 0 saturated carbocycles. The lowest BCUT2D eigenvalue weighted by Crippen LogP contribution is -2.09. The van der Waals surface area contributed by atoms with E-state index in [1.54, 1.807) is 19.4 Å². The van der Waals surface area contributed by atoms with Gasteiger partial charge in [0.2, 0.25) is 0 Å². The third-order valence-corrected chi connectivity index (χ3v) is 6.43. The summed E-state index contributed by atoms with van der Waals surface area (Å²) < 4.78 is 65.2. The summed E-state index contributed by atoms with van der Waals surface area (Å²) in [7, 11) is -2.03. The monoisotopic (exact) mass is 416 g/mol. The first-order valence-electron chi connectivity index (χ1n) is 7.76. The smallest absolute Gasteiger partial charge is 0.324 e. The first-order valence-corrected chi connectivity index (χ1v) is 10.6. The third-order valence-electron chi connectivity index (χ3n) is 4.03. The van der Waals surface area contributed by atoms with Gasteiger partial charge >= 0.3 is 6.18 Å². The number of aryl methyl sites for hydroxylation is 1. The molecule has 0 aliphatic heterocycles. The van der Waals surface area contributed by atoms with Gasteiger partial charge in [-0.15, -0.1) is 11.8 Å². The number of fused-ring (bicyclic) bond motifs is 1. The summed E-state index contributed by atoms with van der Waals surface area (Å²) in [5, 5.41) is 0.571. The fraction of sp³-hybridized carbons (Fsp3) is 0.312. The lowest BCUT2D eigenvalue weighted by Gasteiger charge is -2.10. The number of alkyl halides is 3. The van der Waals surface area contributed by atoms with Gasteiger partial charge in [-0.1, -0.05) is 6.92 Å². The number of imidazole rings is 1. The van der Waals surface area contributed by atoms with E-state index in [0.717, 1.165) is 12.3 Å². The molecule has 0 unspecified atom stereocenters. The van der Waals surface area contributed by atoms with E-state index in [2.05, 4.69) is 15.0 Å². The van der Waals surface area contributed by atoms with Crippen molar-refractivity contribution in [2.24, 2.45) is 7.05 Å². The van der Waals surface area contributed by atoms with Crippen LogP contribution in [0.25, 0.3) is 22.6 Å². The van der Waals surface area contributed by atoms with Gasteiger partial charge in [0.05, 0.1) is 32.9 Å². The fourth-order valence-corrected chi connectivity index (χ4v) is 3.97. The van der Waals surface area contributed by atoms with Crippen LogP contribution in [0.3, 0.4) is 0 Å². The molecule has 0 aliphatic carbocycles. The van der Waals surface area contributed by atoms with E-state index in [1.165, 1.54) is 29.3 Å². The summed E-state index contributed by atoms with van der Waals surface area (Å²) in [6.07, 6.45) is -1.74. The Labute approximate surface area is 157 Å². The van der Waals surface area contributed by atoms with Crippen LogP contribution in [-0.4, -0.2) is 39.9 Å². The molecule has 3 aromatic heterocycles. The van der Waals surface area contributed by atoms with E-state index in [-0.39, 0.29) is 27.7 Å². The van der Waals surface area contributed by atoms with E-state index in [0.29, 0.717) is 10.5 Å². The average Bonchev–Trinajstić information content (AvgIpc) is 2.96. The van der Waals surface area contributed by atoms with E-state index < -0.39 is 21.7 Å². The van der Waals surface area contributed by atoms with Crippen molar-refractivity contribution < 1.29 is 21.6 Å². The second-order valence-electron chi connectivity index (χ2n) is 5.65. The quantitative estimate of drug-likeness (QED) is 0.605. The van der Waals surface area contributed by atoms with Crippen molar-refractivity contribution in [2.75, 3.05) is 12.0 Å². The minimum atomic E-state index is -4.60. The van der Waals surface area contributed by atoms with Crippen LogP contribution in [0.15, 0.2) is 34.3 Å². The summed E-state index contributed by atoms with van der Waals surface area (Å²) in [6, 6.07) is 3.87. The Hall–Kier alpha value is -2.14. The number of rotatable bonds is 4. The Bertz CT molecular complexity index is 1120. The average molecular weight is 416 g/mol. The molecule has 0 N–H and O–H groups in total. The number of sulfone groups is 1. The van der Waals surface area contributed by atoms with Crippen molar-refractivity contribution in [3.8, 4) is 11.5 Å². The van der Waals surface area contributed by atoms with Crippen LogP contribution in [0.5, 0.6) is 0 Å². The molecule has 144 valence electrons. The Balaban J connectivity index is 2.30. The molecule has 0 fully saturated rings. The SMILES string of the molecule is CCS(=O)(=O)c1ccc(SC)nc1-c1nc2cc(C(F)(F)F)ncc2n1C. The lowest BCUT2D eigenvalue weighted by molar-refractivity contribution is -0.141. The molecule has 0 atom stereocenters. The van der Waals surface area contributed by atoms with Gasteiger partial charge in [0.25, 0.3) is 0 Å². The second-order valence-corrected chi connectivity index (χ2v) is 8.73.